The molecule has 2 heterocycles. The number of carbonyl (C=O) groups is 2. The quantitative estimate of drug-likeness (QED) is 0.784. The van der Waals surface area contributed by atoms with Crippen LogP contribution < -0.4 is 5.32 Å². The standard InChI is InChI=1S/C15H16N4O5S2/c1-9(24-2)13-17-18-15(25-13)16-12(20)7-8-19-14(21)10-5-3-4-6-11(10)26(19,22)23/h3-6,9H,7-8H2,1-2H3,(H,16,18,20). The van der Waals surface area contributed by atoms with Crippen LogP contribution in [0.25, 0.3) is 0 Å². The second-order valence-electron chi connectivity index (χ2n) is 5.50. The first-order chi connectivity index (χ1) is 12.3. The van der Waals surface area contributed by atoms with Crippen molar-refractivity contribution in [3.05, 3.63) is 34.8 Å². The van der Waals surface area contributed by atoms with E-state index >= 15 is 0 Å². The minimum Gasteiger partial charge on any atom is -0.374 e. The van der Waals surface area contributed by atoms with Gasteiger partial charge in [0.25, 0.3) is 15.9 Å². The zero-order valence-corrected chi connectivity index (χ0v) is 15.6. The Balaban J connectivity index is 1.64. The molecule has 2 amide bonds. The lowest BCUT2D eigenvalue weighted by Gasteiger charge is -2.14. The molecule has 1 unspecified atom stereocenters. The summed E-state index contributed by atoms with van der Waals surface area (Å²) in [5.41, 5.74) is 0.121. The fraction of sp³-hybridized carbons (Fsp3) is 0.333. The van der Waals surface area contributed by atoms with Crippen LogP contribution in [0.15, 0.2) is 29.2 Å². The number of amides is 2. The van der Waals surface area contributed by atoms with E-state index in [0.29, 0.717) is 5.01 Å². The van der Waals surface area contributed by atoms with Gasteiger partial charge in [0, 0.05) is 20.1 Å². The summed E-state index contributed by atoms with van der Waals surface area (Å²) in [6, 6.07) is 5.97. The molecule has 2 aromatic rings. The van der Waals surface area contributed by atoms with Crippen LogP contribution in [0.3, 0.4) is 0 Å². The lowest BCUT2D eigenvalue weighted by molar-refractivity contribution is -0.116. The second kappa shape index (κ2) is 7.09. The number of methoxy groups -OCH3 is 1. The van der Waals surface area contributed by atoms with Crippen molar-refractivity contribution in [2.24, 2.45) is 0 Å². The Kier molecular flexibility index (Phi) is 5.03. The summed E-state index contributed by atoms with van der Waals surface area (Å²) in [6.45, 7) is 1.55. The molecule has 1 atom stereocenters. The van der Waals surface area contributed by atoms with Crippen molar-refractivity contribution >= 4 is 38.3 Å². The van der Waals surface area contributed by atoms with E-state index < -0.39 is 21.8 Å². The molecule has 1 aromatic heterocycles. The van der Waals surface area contributed by atoms with Crippen molar-refractivity contribution in [3.63, 3.8) is 0 Å². The fourth-order valence-electron chi connectivity index (χ4n) is 2.39. The summed E-state index contributed by atoms with van der Waals surface area (Å²) in [5, 5.41) is 11.2. The predicted molar refractivity (Wildman–Crippen MR) is 93.2 cm³/mol. The summed E-state index contributed by atoms with van der Waals surface area (Å²) in [5.74, 6) is -1.09. The lowest BCUT2D eigenvalue weighted by Crippen LogP contribution is -2.33. The third-order valence-corrected chi connectivity index (χ3v) is 6.68. The lowest BCUT2D eigenvalue weighted by atomic mass is 10.2. The van der Waals surface area contributed by atoms with E-state index in [-0.39, 0.29) is 34.7 Å². The number of anilines is 1. The van der Waals surface area contributed by atoms with Gasteiger partial charge in [-0.3, -0.25) is 9.59 Å². The number of hydrogen-bond acceptors (Lipinski definition) is 8. The maximum atomic E-state index is 12.4. The van der Waals surface area contributed by atoms with Gasteiger partial charge in [0.1, 0.15) is 16.0 Å². The maximum Gasteiger partial charge on any atom is 0.269 e. The summed E-state index contributed by atoms with van der Waals surface area (Å²) < 4.78 is 30.7. The predicted octanol–water partition coefficient (Wildman–Crippen LogP) is 1.42. The Hall–Kier alpha value is -2.37. The number of nitrogens with zero attached hydrogens (tertiary/aromatic N) is 3. The van der Waals surface area contributed by atoms with Crippen molar-refractivity contribution in [1.29, 1.82) is 0 Å². The Morgan fingerprint density at radius 1 is 1.35 bits per heavy atom. The minimum atomic E-state index is -3.91. The molecular formula is C15H16N4O5S2. The Labute approximate surface area is 154 Å². The molecule has 1 aliphatic rings. The highest BCUT2D eigenvalue weighted by atomic mass is 32.2. The molecule has 26 heavy (non-hydrogen) atoms. The van der Waals surface area contributed by atoms with E-state index in [0.717, 1.165) is 15.6 Å². The molecule has 138 valence electrons. The fourth-order valence-corrected chi connectivity index (χ4v) is 4.75. The molecule has 1 aromatic carbocycles. The van der Waals surface area contributed by atoms with Gasteiger partial charge < -0.3 is 10.1 Å². The number of ether oxygens (including phenoxy) is 1. The van der Waals surface area contributed by atoms with Gasteiger partial charge >= 0.3 is 0 Å². The van der Waals surface area contributed by atoms with Gasteiger partial charge in [-0.15, -0.1) is 10.2 Å². The third kappa shape index (κ3) is 3.32. The number of nitrogens with one attached hydrogen (secondary N) is 1. The van der Waals surface area contributed by atoms with Crippen LogP contribution in [-0.4, -0.2) is 48.4 Å². The van der Waals surface area contributed by atoms with Gasteiger partial charge in [-0.1, -0.05) is 23.5 Å². The summed E-state index contributed by atoms with van der Waals surface area (Å²) in [7, 11) is -2.38. The van der Waals surface area contributed by atoms with Gasteiger partial charge in [-0.05, 0) is 19.1 Å². The normalized spacial score (nSPS) is 16.4. The first-order valence-electron chi connectivity index (χ1n) is 7.66. The van der Waals surface area contributed by atoms with Crippen LogP contribution in [0.2, 0.25) is 0 Å². The van der Waals surface area contributed by atoms with Crippen molar-refractivity contribution in [2.45, 2.75) is 24.3 Å². The van der Waals surface area contributed by atoms with Crippen LogP contribution in [0.1, 0.15) is 34.8 Å². The van der Waals surface area contributed by atoms with E-state index in [2.05, 4.69) is 15.5 Å². The Morgan fingerprint density at radius 2 is 2.08 bits per heavy atom. The molecule has 0 bridgehead atoms. The number of aromatic nitrogens is 2. The van der Waals surface area contributed by atoms with Crippen LogP contribution >= 0.6 is 11.3 Å². The molecule has 3 rings (SSSR count). The average molecular weight is 396 g/mol. The topological polar surface area (TPSA) is 119 Å². The molecule has 0 fully saturated rings. The van der Waals surface area contributed by atoms with Gasteiger partial charge in [-0.25, -0.2) is 12.7 Å². The molecule has 0 saturated heterocycles. The molecule has 0 aliphatic carbocycles. The molecule has 11 heteroatoms. The van der Waals surface area contributed by atoms with Crippen LogP contribution in [0, 0.1) is 0 Å². The molecule has 0 spiro atoms. The van der Waals surface area contributed by atoms with Crippen molar-refractivity contribution in [3.8, 4) is 0 Å². The van der Waals surface area contributed by atoms with E-state index in [1.807, 2.05) is 0 Å². The summed E-state index contributed by atoms with van der Waals surface area (Å²) in [6.07, 6.45) is -0.433. The van der Waals surface area contributed by atoms with Gasteiger partial charge in [-0.2, -0.15) is 0 Å². The first kappa shape index (κ1) is 18.4. The number of fused-ring (bicyclic) bond motifs is 1. The molecule has 0 saturated carbocycles. The van der Waals surface area contributed by atoms with Crippen molar-refractivity contribution in [2.75, 3.05) is 19.0 Å². The number of rotatable bonds is 6. The van der Waals surface area contributed by atoms with Crippen LogP contribution in [0.5, 0.6) is 0 Å². The van der Waals surface area contributed by atoms with Gasteiger partial charge in [0.2, 0.25) is 11.0 Å². The molecular weight excluding hydrogens is 380 g/mol. The van der Waals surface area contributed by atoms with Gasteiger partial charge in [0.15, 0.2) is 0 Å². The highest BCUT2D eigenvalue weighted by molar-refractivity contribution is 7.90. The van der Waals surface area contributed by atoms with Crippen molar-refractivity contribution in [1.82, 2.24) is 14.5 Å². The molecule has 1 N–H and O–H groups in total. The number of sulfonamides is 1. The summed E-state index contributed by atoms with van der Waals surface area (Å²) in [4.78, 5) is 24.3. The second-order valence-corrected chi connectivity index (χ2v) is 8.34. The molecule has 1 aliphatic heterocycles. The van der Waals surface area contributed by atoms with E-state index in [4.69, 9.17) is 4.74 Å². The highest BCUT2D eigenvalue weighted by Gasteiger charge is 2.40. The molecule has 9 nitrogen and oxygen atoms in total. The third-order valence-electron chi connectivity index (χ3n) is 3.84. The van der Waals surface area contributed by atoms with Gasteiger partial charge in [0.05, 0.1) is 5.56 Å². The van der Waals surface area contributed by atoms with Crippen LogP contribution in [0.4, 0.5) is 5.13 Å². The monoisotopic (exact) mass is 396 g/mol. The smallest absolute Gasteiger partial charge is 0.269 e. The zero-order valence-electron chi connectivity index (χ0n) is 14.0. The van der Waals surface area contributed by atoms with Crippen LogP contribution in [-0.2, 0) is 19.6 Å². The van der Waals surface area contributed by atoms with E-state index in [1.54, 1.807) is 19.1 Å². The van der Waals surface area contributed by atoms with E-state index in [9.17, 15) is 18.0 Å². The SMILES string of the molecule is COC(C)c1nnc(NC(=O)CCN2C(=O)c3ccccc3S2(=O)=O)s1. The largest absolute Gasteiger partial charge is 0.374 e. The highest BCUT2D eigenvalue weighted by Crippen LogP contribution is 2.30. The minimum absolute atomic E-state index is 0.0345. The number of carbonyl (C=O) groups excluding carboxylic acids is 2. The zero-order chi connectivity index (χ0) is 18.9. The van der Waals surface area contributed by atoms with Crippen molar-refractivity contribution < 1.29 is 22.7 Å². The Morgan fingerprint density at radius 3 is 2.77 bits per heavy atom. The number of hydrogen-bond donors (Lipinski definition) is 1. The molecule has 0 radical (unpaired) electrons. The maximum absolute atomic E-state index is 12.4. The first-order valence-corrected chi connectivity index (χ1v) is 9.92. The number of benzene rings is 1. The summed E-state index contributed by atoms with van der Waals surface area (Å²) >= 11 is 1.16. The Bertz CT molecular complexity index is 956. The average Bonchev–Trinajstić information content (AvgIpc) is 3.15. The van der Waals surface area contributed by atoms with E-state index in [1.165, 1.54) is 19.2 Å².